The fourth-order valence-electron chi connectivity index (χ4n) is 2.89. The van der Waals surface area contributed by atoms with Gasteiger partial charge >= 0.3 is 6.03 Å². The fourth-order valence-corrected chi connectivity index (χ4v) is 2.89. The predicted molar refractivity (Wildman–Crippen MR) is 89.2 cm³/mol. The van der Waals surface area contributed by atoms with Crippen molar-refractivity contribution in [2.24, 2.45) is 0 Å². The summed E-state index contributed by atoms with van der Waals surface area (Å²) in [5.41, 5.74) is 0.783. The van der Waals surface area contributed by atoms with E-state index in [2.05, 4.69) is 15.7 Å². The van der Waals surface area contributed by atoms with Gasteiger partial charge in [-0.15, -0.1) is 0 Å². The number of hydrogen-bond acceptors (Lipinski definition) is 3. The molecule has 2 N–H and O–H groups in total. The van der Waals surface area contributed by atoms with Crippen LogP contribution < -0.4 is 10.6 Å². The molecule has 0 aliphatic carbocycles. The predicted octanol–water partition coefficient (Wildman–Crippen LogP) is 0.775. The summed E-state index contributed by atoms with van der Waals surface area (Å²) in [4.78, 5) is 25.7. The molecule has 1 saturated heterocycles. The van der Waals surface area contributed by atoms with Crippen LogP contribution in [0.5, 0.6) is 0 Å². The molecule has 1 aromatic heterocycles. The molecule has 8 heteroatoms. The molecule has 1 fully saturated rings. The van der Waals surface area contributed by atoms with Gasteiger partial charge in [0.25, 0.3) is 0 Å². The van der Waals surface area contributed by atoms with Crippen LogP contribution >= 0.6 is 0 Å². The number of benzene rings is 1. The van der Waals surface area contributed by atoms with Crippen LogP contribution in [0.1, 0.15) is 5.56 Å². The molecule has 0 saturated carbocycles. The summed E-state index contributed by atoms with van der Waals surface area (Å²) in [6.45, 7) is 1.55. The van der Waals surface area contributed by atoms with Gasteiger partial charge in [0, 0.05) is 32.0 Å². The number of carbonyl (C=O) groups is 2. The second kappa shape index (κ2) is 7.78. The van der Waals surface area contributed by atoms with Crippen molar-refractivity contribution in [3.63, 3.8) is 0 Å². The molecule has 1 aliphatic heterocycles. The summed E-state index contributed by atoms with van der Waals surface area (Å²) < 4.78 is 15.0. The third kappa shape index (κ3) is 4.56. The normalized spacial score (nSPS) is 15.1. The van der Waals surface area contributed by atoms with Crippen LogP contribution in [-0.4, -0.2) is 52.3 Å². The van der Waals surface area contributed by atoms with Crippen molar-refractivity contribution in [3.05, 3.63) is 54.1 Å². The molecule has 3 rings (SSSR count). The van der Waals surface area contributed by atoms with Crippen LogP contribution in [0.25, 0.3) is 0 Å². The number of amides is 3. The number of nitrogens with zero attached hydrogens (tertiary/aromatic N) is 3. The van der Waals surface area contributed by atoms with Crippen LogP contribution in [0.4, 0.5) is 9.18 Å². The number of halogens is 1. The highest BCUT2D eigenvalue weighted by molar-refractivity contribution is 5.77. The molecule has 0 spiro atoms. The second-order valence-corrected chi connectivity index (χ2v) is 5.92. The van der Waals surface area contributed by atoms with Gasteiger partial charge in [-0.2, -0.15) is 5.10 Å². The Balaban J connectivity index is 1.63. The van der Waals surface area contributed by atoms with Crippen molar-refractivity contribution in [2.45, 2.75) is 19.0 Å². The number of carbonyl (C=O) groups excluding carboxylic acids is 2. The molecule has 2 heterocycles. The van der Waals surface area contributed by atoms with E-state index in [1.807, 2.05) is 6.07 Å². The Labute approximate surface area is 144 Å². The Morgan fingerprint density at radius 2 is 2.28 bits per heavy atom. The van der Waals surface area contributed by atoms with E-state index in [1.54, 1.807) is 29.4 Å². The van der Waals surface area contributed by atoms with Crippen molar-refractivity contribution < 1.29 is 14.0 Å². The summed E-state index contributed by atoms with van der Waals surface area (Å²) in [5.74, 6) is -0.502. The van der Waals surface area contributed by atoms with Gasteiger partial charge in [0.2, 0.25) is 5.91 Å². The number of nitrogens with one attached hydrogen (secondary N) is 2. The molecule has 0 radical (unpaired) electrons. The van der Waals surface area contributed by atoms with Gasteiger partial charge in [-0.25, -0.2) is 9.18 Å². The molecule has 3 amide bonds. The average Bonchev–Trinajstić information content (AvgIpc) is 3.23. The largest absolute Gasteiger partial charge is 0.352 e. The number of hydrogen-bond donors (Lipinski definition) is 2. The van der Waals surface area contributed by atoms with Crippen molar-refractivity contribution in [3.8, 4) is 0 Å². The first-order chi connectivity index (χ1) is 12.1. The molecule has 0 bridgehead atoms. The lowest BCUT2D eigenvalue weighted by molar-refractivity contribution is -0.122. The SMILES string of the molecule is O=C(Cn1cccn1)NC[C@H](Cc1cccc(F)c1)N1CCNC1=O. The minimum absolute atomic E-state index is 0.117. The zero-order chi connectivity index (χ0) is 17.6. The molecule has 0 unspecified atom stereocenters. The van der Waals surface area contributed by atoms with Gasteiger partial charge in [-0.05, 0) is 30.2 Å². The molecule has 25 heavy (non-hydrogen) atoms. The van der Waals surface area contributed by atoms with E-state index >= 15 is 0 Å². The number of urea groups is 1. The van der Waals surface area contributed by atoms with E-state index in [4.69, 9.17) is 0 Å². The summed E-state index contributed by atoms with van der Waals surface area (Å²) >= 11 is 0. The highest BCUT2D eigenvalue weighted by Crippen LogP contribution is 2.12. The topological polar surface area (TPSA) is 79.3 Å². The highest BCUT2D eigenvalue weighted by Gasteiger charge is 2.28. The molecule has 2 aromatic rings. The van der Waals surface area contributed by atoms with E-state index in [9.17, 15) is 14.0 Å². The summed E-state index contributed by atoms with van der Waals surface area (Å²) in [7, 11) is 0. The maximum atomic E-state index is 13.4. The van der Waals surface area contributed by atoms with Gasteiger partial charge in [-0.1, -0.05) is 12.1 Å². The summed E-state index contributed by atoms with van der Waals surface area (Å²) in [6, 6.07) is 7.62. The Morgan fingerprint density at radius 3 is 2.96 bits per heavy atom. The molecule has 1 aliphatic rings. The standard InChI is InChI=1S/C17H20FN5O2/c18-14-4-1-3-13(9-14)10-15(23-8-6-19-17(23)25)11-20-16(24)12-22-7-2-5-21-22/h1-5,7,9,15H,6,8,10-12H2,(H,19,25)(H,20,24)/t15-/m0/s1. The summed E-state index contributed by atoms with van der Waals surface area (Å²) in [5, 5.41) is 9.59. The Morgan fingerprint density at radius 1 is 1.40 bits per heavy atom. The molecular formula is C17H20FN5O2. The van der Waals surface area contributed by atoms with Crippen LogP contribution in [-0.2, 0) is 17.8 Å². The van der Waals surface area contributed by atoms with Gasteiger partial charge in [0.1, 0.15) is 12.4 Å². The maximum absolute atomic E-state index is 13.4. The average molecular weight is 345 g/mol. The lowest BCUT2D eigenvalue weighted by Gasteiger charge is -2.27. The molecule has 1 atom stereocenters. The Hall–Kier alpha value is -2.90. The number of aromatic nitrogens is 2. The van der Waals surface area contributed by atoms with E-state index in [0.717, 1.165) is 5.56 Å². The quantitative estimate of drug-likeness (QED) is 0.778. The van der Waals surface area contributed by atoms with Gasteiger partial charge < -0.3 is 15.5 Å². The minimum atomic E-state index is -0.315. The van der Waals surface area contributed by atoms with Crippen molar-refractivity contribution in [1.82, 2.24) is 25.3 Å². The first kappa shape index (κ1) is 16.9. The number of rotatable bonds is 7. The lowest BCUT2D eigenvalue weighted by Crippen LogP contribution is -2.47. The van der Waals surface area contributed by atoms with Crippen molar-refractivity contribution in [1.29, 1.82) is 0 Å². The minimum Gasteiger partial charge on any atom is -0.352 e. The van der Waals surface area contributed by atoms with Gasteiger partial charge in [0.15, 0.2) is 0 Å². The zero-order valence-electron chi connectivity index (χ0n) is 13.7. The lowest BCUT2D eigenvalue weighted by atomic mass is 10.0. The van der Waals surface area contributed by atoms with E-state index in [-0.39, 0.29) is 30.3 Å². The fraction of sp³-hybridized carbons (Fsp3) is 0.353. The monoisotopic (exact) mass is 345 g/mol. The first-order valence-corrected chi connectivity index (χ1v) is 8.15. The molecule has 132 valence electrons. The van der Waals surface area contributed by atoms with Crippen molar-refractivity contribution in [2.75, 3.05) is 19.6 Å². The maximum Gasteiger partial charge on any atom is 0.317 e. The smallest absolute Gasteiger partial charge is 0.317 e. The van der Waals surface area contributed by atoms with Crippen LogP contribution in [0.2, 0.25) is 0 Å². The molecule has 1 aromatic carbocycles. The van der Waals surface area contributed by atoms with E-state index < -0.39 is 0 Å². The highest BCUT2D eigenvalue weighted by atomic mass is 19.1. The molecular weight excluding hydrogens is 325 g/mol. The summed E-state index contributed by atoms with van der Waals surface area (Å²) in [6.07, 6.45) is 3.78. The first-order valence-electron chi connectivity index (χ1n) is 8.15. The Kier molecular flexibility index (Phi) is 5.27. The van der Waals surface area contributed by atoms with Crippen LogP contribution in [0.15, 0.2) is 42.7 Å². The van der Waals surface area contributed by atoms with E-state index in [0.29, 0.717) is 26.1 Å². The molecule has 7 nitrogen and oxygen atoms in total. The van der Waals surface area contributed by atoms with Gasteiger partial charge in [0.05, 0.1) is 6.04 Å². The zero-order valence-corrected chi connectivity index (χ0v) is 13.7. The second-order valence-electron chi connectivity index (χ2n) is 5.92. The van der Waals surface area contributed by atoms with E-state index in [1.165, 1.54) is 16.8 Å². The van der Waals surface area contributed by atoms with Gasteiger partial charge in [-0.3, -0.25) is 9.48 Å². The van der Waals surface area contributed by atoms with Crippen LogP contribution in [0.3, 0.4) is 0 Å². The Bertz CT molecular complexity index is 734. The van der Waals surface area contributed by atoms with Crippen LogP contribution in [0, 0.1) is 5.82 Å². The van der Waals surface area contributed by atoms with Crippen molar-refractivity contribution >= 4 is 11.9 Å². The third-order valence-electron chi connectivity index (χ3n) is 4.09. The third-order valence-corrected chi connectivity index (χ3v) is 4.09.